The van der Waals surface area contributed by atoms with Gasteiger partial charge in [-0.25, -0.2) is 0 Å². The van der Waals surface area contributed by atoms with Crippen molar-refractivity contribution in [2.45, 2.75) is 25.9 Å². The molecule has 1 saturated carbocycles. The molecule has 98 valence electrons. The molecule has 0 aromatic heterocycles. The van der Waals surface area contributed by atoms with Crippen LogP contribution in [0.15, 0.2) is 24.3 Å². The number of benzene rings is 1. The van der Waals surface area contributed by atoms with E-state index in [0.717, 1.165) is 24.3 Å². The number of thiocarbonyl (C=S) groups is 1. The Kier molecular flexibility index (Phi) is 4.19. The Bertz CT molecular complexity index is 412. The summed E-state index contributed by atoms with van der Waals surface area (Å²) in [4.78, 5) is 0.598. The van der Waals surface area contributed by atoms with E-state index >= 15 is 0 Å². The third-order valence-corrected chi connectivity index (χ3v) is 3.49. The van der Waals surface area contributed by atoms with Gasteiger partial charge in [0.2, 0.25) is 0 Å². The van der Waals surface area contributed by atoms with E-state index in [1.54, 1.807) is 7.11 Å². The Balaban J connectivity index is 1.76. The normalized spacial score (nSPS) is 16.3. The Labute approximate surface area is 113 Å². The van der Waals surface area contributed by atoms with Crippen LogP contribution in [0.1, 0.15) is 24.8 Å². The average Bonchev–Trinajstić information content (AvgIpc) is 3.09. The van der Waals surface area contributed by atoms with Crippen molar-refractivity contribution in [1.82, 2.24) is 0 Å². The fourth-order valence-electron chi connectivity index (χ4n) is 2.03. The number of ether oxygens (including phenoxy) is 2. The summed E-state index contributed by atoms with van der Waals surface area (Å²) < 4.78 is 10.9. The minimum atomic E-state index is 0.234. The zero-order valence-corrected chi connectivity index (χ0v) is 11.5. The lowest BCUT2D eigenvalue weighted by Crippen LogP contribution is -2.19. The second-order valence-corrected chi connectivity index (χ2v) is 5.51. The molecule has 4 heteroatoms. The number of hydrogen-bond acceptors (Lipinski definition) is 3. The maximum atomic E-state index is 5.77. The van der Waals surface area contributed by atoms with Crippen LogP contribution in [-0.4, -0.2) is 18.7 Å². The van der Waals surface area contributed by atoms with Gasteiger partial charge in [-0.1, -0.05) is 24.4 Å². The van der Waals surface area contributed by atoms with Gasteiger partial charge in [0.05, 0.1) is 25.3 Å². The van der Waals surface area contributed by atoms with Crippen LogP contribution < -0.4 is 10.5 Å². The van der Waals surface area contributed by atoms with Gasteiger partial charge in [0.15, 0.2) is 0 Å². The lowest BCUT2D eigenvalue weighted by Gasteiger charge is -2.14. The van der Waals surface area contributed by atoms with E-state index in [4.69, 9.17) is 27.4 Å². The lowest BCUT2D eigenvalue weighted by molar-refractivity contribution is 0.0804. The second-order valence-electron chi connectivity index (χ2n) is 4.98. The topological polar surface area (TPSA) is 44.5 Å². The van der Waals surface area contributed by atoms with Crippen LogP contribution >= 0.6 is 12.2 Å². The first-order valence-corrected chi connectivity index (χ1v) is 6.53. The smallest absolute Gasteiger partial charge is 0.118 e. The standard InChI is InChI=1S/C14H19NO2S/c1-16-12-4-2-11(3-5-12)9-17-10-14(6-7-14)8-13(15)18/h2-5H,6-10H2,1H3,(H2,15,18). The highest BCUT2D eigenvalue weighted by Gasteiger charge is 2.43. The number of nitrogens with two attached hydrogens (primary N) is 1. The van der Waals surface area contributed by atoms with Crippen molar-refractivity contribution >= 4 is 17.2 Å². The molecule has 0 atom stereocenters. The van der Waals surface area contributed by atoms with Crippen LogP contribution in [0.5, 0.6) is 5.75 Å². The largest absolute Gasteiger partial charge is 0.497 e. The number of methoxy groups -OCH3 is 1. The van der Waals surface area contributed by atoms with Gasteiger partial charge in [-0.2, -0.15) is 0 Å². The van der Waals surface area contributed by atoms with Crippen molar-refractivity contribution in [3.8, 4) is 5.75 Å². The summed E-state index contributed by atoms with van der Waals surface area (Å²) in [5.74, 6) is 0.867. The number of hydrogen-bond donors (Lipinski definition) is 1. The minimum Gasteiger partial charge on any atom is -0.497 e. The molecule has 1 aromatic rings. The molecule has 0 spiro atoms. The Morgan fingerprint density at radius 2 is 2.00 bits per heavy atom. The molecule has 0 radical (unpaired) electrons. The van der Waals surface area contributed by atoms with Gasteiger partial charge in [0.25, 0.3) is 0 Å². The van der Waals surface area contributed by atoms with Crippen LogP contribution in [0.4, 0.5) is 0 Å². The first-order chi connectivity index (χ1) is 8.63. The molecule has 0 unspecified atom stereocenters. The molecule has 0 bridgehead atoms. The highest BCUT2D eigenvalue weighted by Crippen LogP contribution is 2.49. The minimum absolute atomic E-state index is 0.234. The van der Waals surface area contributed by atoms with Gasteiger partial charge in [-0.3, -0.25) is 0 Å². The molecule has 2 rings (SSSR count). The molecule has 0 heterocycles. The summed E-state index contributed by atoms with van der Waals surface area (Å²) >= 11 is 4.96. The highest BCUT2D eigenvalue weighted by molar-refractivity contribution is 7.80. The van der Waals surface area contributed by atoms with Crippen molar-refractivity contribution in [3.63, 3.8) is 0 Å². The number of rotatable bonds is 7. The van der Waals surface area contributed by atoms with Crippen LogP contribution in [-0.2, 0) is 11.3 Å². The van der Waals surface area contributed by atoms with Crippen LogP contribution in [0.2, 0.25) is 0 Å². The fraction of sp³-hybridized carbons (Fsp3) is 0.500. The maximum Gasteiger partial charge on any atom is 0.118 e. The van der Waals surface area contributed by atoms with Gasteiger partial charge >= 0.3 is 0 Å². The molecular weight excluding hydrogens is 246 g/mol. The monoisotopic (exact) mass is 265 g/mol. The zero-order chi connectivity index (χ0) is 13.0. The molecule has 18 heavy (non-hydrogen) atoms. The fourth-order valence-corrected chi connectivity index (χ4v) is 2.33. The SMILES string of the molecule is COc1ccc(COCC2(CC(N)=S)CC2)cc1. The van der Waals surface area contributed by atoms with Crippen LogP contribution in [0, 0.1) is 5.41 Å². The third kappa shape index (κ3) is 3.68. The molecule has 1 fully saturated rings. The Morgan fingerprint density at radius 3 is 2.50 bits per heavy atom. The summed E-state index contributed by atoms with van der Waals surface area (Å²) in [7, 11) is 1.66. The van der Waals surface area contributed by atoms with E-state index in [2.05, 4.69) is 0 Å². The van der Waals surface area contributed by atoms with E-state index in [0.29, 0.717) is 11.6 Å². The highest BCUT2D eigenvalue weighted by atomic mass is 32.1. The summed E-state index contributed by atoms with van der Waals surface area (Å²) in [5, 5.41) is 0. The molecule has 1 aromatic carbocycles. The molecule has 0 saturated heterocycles. The molecule has 1 aliphatic carbocycles. The predicted molar refractivity (Wildman–Crippen MR) is 75.7 cm³/mol. The van der Waals surface area contributed by atoms with E-state index in [-0.39, 0.29) is 5.41 Å². The first-order valence-electron chi connectivity index (χ1n) is 6.13. The van der Waals surface area contributed by atoms with Crippen molar-refractivity contribution in [2.24, 2.45) is 11.1 Å². The van der Waals surface area contributed by atoms with Crippen LogP contribution in [0.25, 0.3) is 0 Å². The molecule has 3 nitrogen and oxygen atoms in total. The van der Waals surface area contributed by atoms with Crippen molar-refractivity contribution in [3.05, 3.63) is 29.8 Å². The van der Waals surface area contributed by atoms with Crippen molar-refractivity contribution in [1.29, 1.82) is 0 Å². The van der Waals surface area contributed by atoms with E-state index in [9.17, 15) is 0 Å². The average molecular weight is 265 g/mol. The lowest BCUT2D eigenvalue weighted by atomic mass is 10.0. The van der Waals surface area contributed by atoms with Gasteiger partial charge in [0, 0.05) is 11.8 Å². The van der Waals surface area contributed by atoms with Crippen LogP contribution in [0.3, 0.4) is 0 Å². The van der Waals surface area contributed by atoms with E-state index in [1.165, 1.54) is 12.8 Å². The summed E-state index contributed by atoms with van der Waals surface area (Å²) in [6.45, 7) is 1.37. The summed E-state index contributed by atoms with van der Waals surface area (Å²) in [5.41, 5.74) is 6.98. The van der Waals surface area contributed by atoms with Crippen molar-refractivity contribution < 1.29 is 9.47 Å². The van der Waals surface area contributed by atoms with Gasteiger partial charge in [0.1, 0.15) is 5.75 Å². The summed E-state index contributed by atoms with van der Waals surface area (Å²) in [6.07, 6.45) is 3.16. The third-order valence-electron chi connectivity index (χ3n) is 3.34. The van der Waals surface area contributed by atoms with Gasteiger partial charge in [-0.15, -0.1) is 0 Å². The Hall–Kier alpha value is -1.13. The second kappa shape index (κ2) is 5.67. The van der Waals surface area contributed by atoms with Crippen molar-refractivity contribution in [2.75, 3.05) is 13.7 Å². The maximum absolute atomic E-state index is 5.77. The predicted octanol–water partition coefficient (Wildman–Crippen LogP) is 2.67. The molecule has 0 amide bonds. The zero-order valence-electron chi connectivity index (χ0n) is 10.6. The first kappa shape index (κ1) is 13.3. The molecule has 2 N–H and O–H groups in total. The Morgan fingerprint density at radius 1 is 1.33 bits per heavy atom. The van der Waals surface area contributed by atoms with E-state index in [1.807, 2.05) is 24.3 Å². The quantitative estimate of drug-likeness (QED) is 0.770. The molecule has 0 aliphatic heterocycles. The molecule has 1 aliphatic rings. The van der Waals surface area contributed by atoms with Gasteiger partial charge < -0.3 is 15.2 Å². The van der Waals surface area contributed by atoms with Gasteiger partial charge in [-0.05, 0) is 30.5 Å². The van der Waals surface area contributed by atoms with E-state index < -0.39 is 0 Å². The summed E-state index contributed by atoms with van der Waals surface area (Å²) in [6, 6.07) is 7.93. The molecular formula is C14H19NO2S.